The third-order valence-corrected chi connectivity index (χ3v) is 7.64. The number of methoxy groups -OCH3 is 1. The van der Waals surface area contributed by atoms with Gasteiger partial charge in [-0.15, -0.1) is 0 Å². The Balaban J connectivity index is 1.50. The molecule has 3 aromatic rings. The summed E-state index contributed by atoms with van der Waals surface area (Å²) < 4.78 is 6.54. The van der Waals surface area contributed by atoms with Gasteiger partial charge in [0.1, 0.15) is 0 Å². The van der Waals surface area contributed by atoms with Crippen molar-refractivity contribution in [3.63, 3.8) is 0 Å². The third-order valence-electron chi connectivity index (χ3n) is 5.51. The van der Waals surface area contributed by atoms with Crippen LogP contribution < -0.4 is 14.5 Å². The molecule has 0 atom stereocenters. The Labute approximate surface area is 194 Å². The zero-order chi connectivity index (χ0) is 22.7. The summed E-state index contributed by atoms with van der Waals surface area (Å²) in [6.07, 6.45) is 0. The summed E-state index contributed by atoms with van der Waals surface area (Å²) in [5.74, 6) is 0.445. The average molecular weight is 496 g/mol. The Morgan fingerprint density at radius 1 is 0.969 bits per heavy atom. The maximum atomic E-state index is 13.1. The van der Waals surface area contributed by atoms with Gasteiger partial charge in [-0.3, -0.25) is 0 Å². The SMILES string of the molecule is COc1ccc([Se]CCNc2ccc3c4c(cccc24)C(=O)N(CCN(C)C)C3=O)cc1. The quantitative estimate of drug-likeness (QED) is 0.281. The van der Waals surface area contributed by atoms with Crippen molar-refractivity contribution in [2.24, 2.45) is 0 Å². The number of ether oxygens (including phenoxy) is 1. The van der Waals surface area contributed by atoms with Crippen LogP contribution in [0.4, 0.5) is 5.69 Å². The summed E-state index contributed by atoms with van der Waals surface area (Å²) in [4.78, 5) is 29.5. The van der Waals surface area contributed by atoms with Crippen molar-refractivity contribution in [2.45, 2.75) is 5.32 Å². The summed E-state index contributed by atoms with van der Waals surface area (Å²) in [6, 6.07) is 17.7. The molecule has 2 amide bonds. The molecule has 4 rings (SSSR count). The minimum atomic E-state index is -0.213. The van der Waals surface area contributed by atoms with Crippen LogP contribution in [0.25, 0.3) is 10.8 Å². The van der Waals surface area contributed by atoms with E-state index < -0.39 is 0 Å². The van der Waals surface area contributed by atoms with Crippen molar-refractivity contribution in [3.8, 4) is 5.75 Å². The number of hydrogen-bond acceptors (Lipinski definition) is 5. The standard InChI is InChI=1S/C25H27N3O3Se/c1-27(2)14-15-28-24(29)20-6-4-5-19-22(12-11-21(23(19)20)25(28)30)26-13-16-32-18-9-7-17(31-3)8-10-18/h4-12,26H,13-16H2,1-3H3. The number of benzene rings is 3. The molecule has 7 heteroatoms. The van der Waals surface area contributed by atoms with Gasteiger partial charge in [0, 0.05) is 0 Å². The van der Waals surface area contributed by atoms with Crippen LogP contribution in [0.5, 0.6) is 5.75 Å². The normalized spacial score (nSPS) is 13.2. The summed E-state index contributed by atoms with van der Waals surface area (Å²) >= 11 is 0.352. The second kappa shape index (κ2) is 9.74. The van der Waals surface area contributed by atoms with Crippen LogP contribution in [-0.2, 0) is 0 Å². The molecule has 0 saturated heterocycles. The molecule has 1 aliphatic heterocycles. The molecule has 1 heterocycles. The third kappa shape index (κ3) is 4.51. The molecule has 0 fully saturated rings. The van der Waals surface area contributed by atoms with E-state index in [0.717, 1.165) is 34.1 Å². The molecule has 0 bridgehead atoms. The van der Waals surface area contributed by atoms with Crippen LogP contribution >= 0.6 is 0 Å². The van der Waals surface area contributed by atoms with Gasteiger partial charge in [-0.2, -0.15) is 0 Å². The Bertz CT molecular complexity index is 1120. The van der Waals surface area contributed by atoms with Gasteiger partial charge >= 0.3 is 181 Å². The second-order valence-electron chi connectivity index (χ2n) is 7.90. The predicted octanol–water partition coefficient (Wildman–Crippen LogP) is 2.87. The molecular formula is C25H27N3O3Se. The van der Waals surface area contributed by atoms with E-state index in [0.29, 0.717) is 39.2 Å². The van der Waals surface area contributed by atoms with Gasteiger partial charge < -0.3 is 0 Å². The van der Waals surface area contributed by atoms with Crippen LogP contribution in [0.2, 0.25) is 5.32 Å². The van der Waals surface area contributed by atoms with Gasteiger partial charge in [0.25, 0.3) is 0 Å². The predicted molar refractivity (Wildman–Crippen MR) is 130 cm³/mol. The first-order chi connectivity index (χ1) is 15.5. The van der Waals surface area contributed by atoms with Crippen molar-refractivity contribution in [3.05, 3.63) is 65.7 Å². The number of nitrogens with one attached hydrogen (secondary N) is 1. The molecule has 0 aliphatic carbocycles. The first-order valence-corrected chi connectivity index (χ1v) is 12.6. The van der Waals surface area contributed by atoms with E-state index in [1.807, 2.05) is 61.5 Å². The molecule has 0 unspecified atom stereocenters. The average Bonchev–Trinajstić information content (AvgIpc) is 2.80. The van der Waals surface area contributed by atoms with Gasteiger partial charge in [-0.1, -0.05) is 0 Å². The van der Waals surface area contributed by atoms with Crippen molar-refractivity contribution in [2.75, 3.05) is 46.2 Å². The molecule has 0 spiro atoms. The summed E-state index contributed by atoms with van der Waals surface area (Å²) in [5, 5.41) is 6.22. The van der Waals surface area contributed by atoms with Gasteiger partial charge in [-0.25, -0.2) is 0 Å². The Morgan fingerprint density at radius 3 is 2.38 bits per heavy atom. The fourth-order valence-electron chi connectivity index (χ4n) is 3.83. The van der Waals surface area contributed by atoms with Crippen LogP contribution in [-0.4, -0.2) is 77.4 Å². The van der Waals surface area contributed by atoms with Crippen molar-refractivity contribution < 1.29 is 14.3 Å². The Morgan fingerprint density at radius 2 is 1.69 bits per heavy atom. The Hall–Kier alpha value is -2.86. The van der Waals surface area contributed by atoms with Crippen LogP contribution in [0.1, 0.15) is 20.7 Å². The van der Waals surface area contributed by atoms with Crippen LogP contribution in [0.15, 0.2) is 54.6 Å². The first kappa shape index (κ1) is 22.3. The van der Waals surface area contributed by atoms with Crippen molar-refractivity contribution in [1.29, 1.82) is 0 Å². The zero-order valence-electron chi connectivity index (χ0n) is 18.6. The van der Waals surface area contributed by atoms with E-state index >= 15 is 0 Å². The zero-order valence-corrected chi connectivity index (χ0v) is 20.3. The minimum absolute atomic E-state index is 0.213. The van der Waals surface area contributed by atoms with Gasteiger partial charge in [0.2, 0.25) is 0 Å². The monoisotopic (exact) mass is 497 g/mol. The molecule has 32 heavy (non-hydrogen) atoms. The number of likely N-dealkylation sites (N-methyl/N-ethyl adjacent to an activating group) is 1. The van der Waals surface area contributed by atoms with Gasteiger partial charge in [0.05, 0.1) is 0 Å². The number of nitrogens with zero attached hydrogens (tertiary/aromatic N) is 2. The first-order valence-electron chi connectivity index (χ1n) is 10.6. The number of imide groups is 1. The van der Waals surface area contributed by atoms with Gasteiger partial charge in [0.15, 0.2) is 0 Å². The molecule has 3 aromatic carbocycles. The number of carbonyl (C=O) groups excluding carboxylic acids is 2. The van der Waals surface area contributed by atoms with E-state index in [2.05, 4.69) is 17.4 Å². The summed E-state index contributed by atoms with van der Waals surface area (Å²) in [6.45, 7) is 1.84. The van der Waals surface area contributed by atoms with Crippen molar-refractivity contribution in [1.82, 2.24) is 9.80 Å². The molecule has 1 aliphatic rings. The van der Waals surface area contributed by atoms with E-state index in [-0.39, 0.29) is 11.8 Å². The molecule has 0 saturated carbocycles. The van der Waals surface area contributed by atoms with E-state index in [1.165, 1.54) is 9.36 Å². The van der Waals surface area contributed by atoms with Gasteiger partial charge in [-0.05, 0) is 14.1 Å². The molecule has 166 valence electrons. The van der Waals surface area contributed by atoms with Crippen LogP contribution in [0, 0.1) is 0 Å². The Kier molecular flexibility index (Phi) is 6.80. The summed E-state index contributed by atoms with van der Waals surface area (Å²) in [5.41, 5.74) is 2.15. The van der Waals surface area contributed by atoms with E-state index in [4.69, 9.17) is 4.74 Å². The number of hydrogen-bond donors (Lipinski definition) is 1. The summed E-state index contributed by atoms with van der Waals surface area (Å²) in [7, 11) is 5.54. The molecule has 0 aromatic heterocycles. The molecule has 6 nitrogen and oxygen atoms in total. The number of anilines is 1. The molecule has 1 N–H and O–H groups in total. The molecular weight excluding hydrogens is 469 g/mol. The fraction of sp³-hybridized carbons (Fsp3) is 0.280. The fourth-order valence-corrected chi connectivity index (χ4v) is 5.44. The molecule has 0 radical (unpaired) electrons. The number of carbonyl (C=O) groups is 2. The van der Waals surface area contributed by atoms with E-state index in [1.54, 1.807) is 7.11 Å². The van der Waals surface area contributed by atoms with Crippen molar-refractivity contribution >= 4 is 47.7 Å². The number of rotatable bonds is 9. The maximum absolute atomic E-state index is 13.1. The van der Waals surface area contributed by atoms with E-state index in [9.17, 15) is 9.59 Å². The number of amides is 2. The van der Waals surface area contributed by atoms with Crippen LogP contribution in [0.3, 0.4) is 0 Å². The second-order valence-corrected chi connectivity index (χ2v) is 10.4. The topological polar surface area (TPSA) is 61.9 Å².